The number of aromatic nitrogens is 2. The minimum Gasteiger partial charge on any atom is -0.496 e. The number of esters is 1. The van der Waals surface area contributed by atoms with Gasteiger partial charge in [-0.25, -0.2) is 0 Å². The van der Waals surface area contributed by atoms with Gasteiger partial charge in [0.15, 0.2) is 0 Å². The zero-order valence-corrected chi connectivity index (χ0v) is 18.7. The Kier molecular flexibility index (Phi) is 10.5. The Morgan fingerprint density at radius 1 is 1.10 bits per heavy atom. The van der Waals surface area contributed by atoms with Crippen molar-refractivity contribution in [3.63, 3.8) is 0 Å². The van der Waals surface area contributed by atoms with E-state index in [1.807, 2.05) is 24.3 Å². The fourth-order valence-corrected chi connectivity index (χ4v) is 3.26. The molecule has 8 nitrogen and oxygen atoms in total. The van der Waals surface area contributed by atoms with E-state index in [2.05, 4.69) is 22.4 Å². The third kappa shape index (κ3) is 8.78. The van der Waals surface area contributed by atoms with E-state index in [1.54, 1.807) is 14.0 Å². The molecule has 31 heavy (non-hydrogen) atoms. The zero-order valence-electron chi connectivity index (χ0n) is 18.7. The van der Waals surface area contributed by atoms with Gasteiger partial charge in [-0.1, -0.05) is 38.0 Å². The van der Waals surface area contributed by atoms with Crippen molar-refractivity contribution in [1.82, 2.24) is 15.5 Å². The first-order chi connectivity index (χ1) is 15.0. The molecule has 0 unspecified atom stereocenters. The van der Waals surface area contributed by atoms with Crippen LogP contribution in [0.2, 0.25) is 0 Å². The van der Waals surface area contributed by atoms with Crippen molar-refractivity contribution in [2.75, 3.05) is 13.7 Å². The molecular weight excluding hydrogens is 398 g/mol. The highest BCUT2D eigenvalue weighted by atomic mass is 16.5. The Hall–Kier alpha value is -2.90. The number of nitrogens with zero attached hydrogens (tertiary/aromatic N) is 2. The number of aryl methyl sites for hydroxylation is 3. The lowest BCUT2D eigenvalue weighted by Crippen LogP contribution is -2.37. The molecule has 1 aromatic heterocycles. The van der Waals surface area contributed by atoms with Gasteiger partial charge < -0.3 is 19.2 Å². The topological polar surface area (TPSA) is 104 Å². The number of unbranched alkanes of at least 4 members (excludes halogenated alkanes) is 1. The van der Waals surface area contributed by atoms with E-state index < -0.39 is 0 Å². The summed E-state index contributed by atoms with van der Waals surface area (Å²) in [5.74, 6) is 1.36. The largest absolute Gasteiger partial charge is 0.496 e. The van der Waals surface area contributed by atoms with Crippen molar-refractivity contribution in [3.8, 4) is 5.75 Å². The smallest absolute Gasteiger partial charge is 0.307 e. The van der Waals surface area contributed by atoms with Crippen molar-refractivity contribution in [2.45, 2.75) is 71.3 Å². The summed E-state index contributed by atoms with van der Waals surface area (Å²) in [6.07, 6.45) is 4.75. The molecule has 2 aromatic rings. The number of ether oxygens (including phenoxy) is 2. The number of nitrogens with one attached hydrogen (secondary N) is 1. The average molecular weight is 432 g/mol. The second-order valence-corrected chi connectivity index (χ2v) is 7.32. The molecule has 8 heteroatoms. The minimum atomic E-state index is -0.291. The predicted molar refractivity (Wildman–Crippen MR) is 116 cm³/mol. The van der Waals surface area contributed by atoms with Gasteiger partial charge in [0.05, 0.1) is 20.1 Å². The molecule has 0 aliphatic carbocycles. The Bertz CT molecular complexity index is 821. The molecule has 1 heterocycles. The number of carbonyl (C=O) groups excluding carboxylic acids is 2. The summed E-state index contributed by atoms with van der Waals surface area (Å²) >= 11 is 0. The Morgan fingerprint density at radius 3 is 2.55 bits per heavy atom. The van der Waals surface area contributed by atoms with E-state index in [0.717, 1.165) is 37.0 Å². The van der Waals surface area contributed by atoms with E-state index in [4.69, 9.17) is 13.9 Å². The van der Waals surface area contributed by atoms with Crippen molar-refractivity contribution in [2.24, 2.45) is 0 Å². The Morgan fingerprint density at radius 2 is 1.84 bits per heavy atom. The van der Waals surface area contributed by atoms with Gasteiger partial charge in [0, 0.05) is 25.3 Å². The van der Waals surface area contributed by atoms with Crippen molar-refractivity contribution >= 4 is 11.9 Å². The van der Waals surface area contributed by atoms with Crippen molar-refractivity contribution < 1.29 is 23.5 Å². The quantitative estimate of drug-likeness (QED) is 0.457. The standard InChI is InChI=1S/C23H33N3O5/c1-4-6-10-18(16-23(28)30-5-2)24-20(27)13-15-22-26-25-21(31-22)14-12-17-9-7-8-11-19(17)29-3/h7-9,11,18H,4-6,10,12-16H2,1-3H3,(H,24,27)/t18-/m0/s1. The van der Waals surface area contributed by atoms with E-state index in [-0.39, 0.29) is 30.8 Å². The van der Waals surface area contributed by atoms with E-state index in [9.17, 15) is 9.59 Å². The average Bonchev–Trinajstić information content (AvgIpc) is 3.23. The third-order valence-corrected chi connectivity index (χ3v) is 4.86. The third-order valence-electron chi connectivity index (χ3n) is 4.86. The summed E-state index contributed by atoms with van der Waals surface area (Å²) in [5.41, 5.74) is 1.07. The van der Waals surface area contributed by atoms with Crippen LogP contribution < -0.4 is 10.1 Å². The molecule has 0 bridgehead atoms. The van der Waals surface area contributed by atoms with E-state index >= 15 is 0 Å². The molecule has 0 aliphatic rings. The van der Waals surface area contributed by atoms with Crippen LogP contribution in [0, 0.1) is 0 Å². The Balaban J connectivity index is 1.80. The SMILES string of the molecule is CCCC[C@@H](CC(=O)OCC)NC(=O)CCc1nnc(CCc2ccccc2OC)o1. The first kappa shape index (κ1) is 24.4. The molecule has 0 radical (unpaired) electrons. The predicted octanol–water partition coefficient (Wildman–Crippen LogP) is 3.42. The van der Waals surface area contributed by atoms with Crippen LogP contribution >= 0.6 is 0 Å². The summed E-state index contributed by atoms with van der Waals surface area (Å²) in [5, 5.41) is 11.1. The first-order valence-corrected chi connectivity index (χ1v) is 10.9. The van der Waals surface area contributed by atoms with E-state index in [1.165, 1.54) is 0 Å². The maximum Gasteiger partial charge on any atom is 0.307 e. The highest BCUT2D eigenvalue weighted by molar-refractivity contribution is 5.77. The number of hydrogen-bond acceptors (Lipinski definition) is 7. The van der Waals surface area contributed by atoms with Crippen LogP contribution in [0.5, 0.6) is 5.75 Å². The number of methoxy groups -OCH3 is 1. The molecule has 170 valence electrons. The highest BCUT2D eigenvalue weighted by Crippen LogP contribution is 2.19. The van der Waals surface area contributed by atoms with Gasteiger partial charge in [0.25, 0.3) is 0 Å². The van der Waals surface area contributed by atoms with Gasteiger partial charge in [-0.3, -0.25) is 9.59 Å². The lowest BCUT2D eigenvalue weighted by atomic mass is 10.1. The molecule has 1 aromatic carbocycles. The van der Waals surface area contributed by atoms with Crippen LogP contribution in [-0.2, 0) is 33.6 Å². The second kappa shape index (κ2) is 13.4. The zero-order chi connectivity index (χ0) is 22.5. The van der Waals surface area contributed by atoms with Gasteiger partial charge >= 0.3 is 5.97 Å². The summed E-state index contributed by atoms with van der Waals surface area (Å²) in [7, 11) is 1.65. The number of rotatable bonds is 14. The lowest BCUT2D eigenvalue weighted by Gasteiger charge is -2.17. The van der Waals surface area contributed by atoms with Crippen LogP contribution in [-0.4, -0.2) is 41.8 Å². The number of amides is 1. The Labute approximate surface area is 183 Å². The molecule has 0 spiro atoms. The molecule has 0 saturated heterocycles. The van der Waals surface area contributed by atoms with Crippen molar-refractivity contribution in [3.05, 3.63) is 41.6 Å². The van der Waals surface area contributed by atoms with Gasteiger partial charge in [-0.15, -0.1) is 10.2 Å². The van der Waals surface area contributed by atoms with Crippen LogP contribution in [0.15, 0.2) is 28.7 Å². The van der Waals surface area contributed by atoms with Gasteiger partial charge in [-0.05, 0) is 31.4 Å². The van der Waals surface area contributed by atoms with Gasteiger partial charge in [0.1, 0.15) is 5.75 Å². The van der Waals surface area contributed by atoms with Crippen molar-refractivity contribution in [1.29, 1.82) is 0 Å². The fraction of sp³-hybridized carbons (Fsp3) is 0.565. The van der Waals surface area contributed by atoms with Crippen LogP contribution in [0.25, 0.3) is 0 Å². The summed E-state index contributed by atoms with van der Waals surface area (Å²) in [6, 6.07) is 7.60. The highest BCUT2D eigenvalue weighted by Gasteiger charge is 2.18. The molecular formula is C23H33N3O5. The number of hydrogen-bond donors (Lipinski definition) is 1. The number of para-hydroxylation sites is 1. The van der Waals surface area contributed by atoms with E-state index in [0.29, 0.717) is 31.2 Å². The summed E-state index contributed by atoms with van der Waals surface area (Å²) in [4.78, 5) is 24.1. The molecule has 0 saturated carbocycles. The van der Waals surface area contributed by atoms with Crippen LogP contribution in [0.3, 0.4) is 0 Å². The summed E-state index contributed by atoms with van der Waals surface area (Å²) in [6.45, 7) is 4.18. The molecule has 1 atom stereocenters. The molecule has 2 rings (SSSR count). The number of benzene rings is 1. The molecule has 1 N–H and O–H groups in total. The molecule has 1 amide bonds. The van der Waals surface area contributed by atoms with Gasteiger partial charge in [0.2, 0.25) is 17.7 Å². The fourth-order valence-electron chi connectivity index (χ4n) is 3.26. The maximum absolute atomic E-state index is 12.4. The van der Waals surface area contributed by atoms with Crippen LogP contribution in [0.1, 0.15) is 63.3 Å². The number of carbonyl (C=O) groups is 2. The summed E-state index contributed by atoms with van der Waals surface area (Å²) < 4.78 is 16.0. The normalized spacial score (nSPS) is 11.7. The monoisotopic (exact) mass is 431 g/mol. The molecule has 0 fully saturated rings. The van der Waals surface area contributed by atoms with Crippen LogP contribution in [0.4, 0.5) is 0 Å². The van der Waals surface area contributed by atoms with Gasteiger partial charge in [-0.2, -0.15) is 0 Å². The minimum absolute atomic E-state index is 0.140. The second-order valence-electron chi connectivity index (χ2n) is 7.32. The molecule has 0 aliphatic heterocycles. The first-order valence-electron chi connectivity index (χ1n) is 10.9. The lowest BCUT2D eigenvalue weighted by molar-refractivity contribution is -0.143. The maximum atomic E-state index is 12.4.